The zero-order chi connectivity index (χ0) is 10.5. The maximum absolute atomic E-state index is 4.28. The predicted molar refractivity (Wildman–Crippen MR) is 66.8 cm³/mol. The molecule has 0 N–H and O–H groups in total. The second-order valence-electron chi connectivity index (χ2n) is 4.18. The summed E-state index contributed by atoms with van der Waals surface area (Å²) in [7, 11) is 0. The summed E-state index contributed by atoms with van der Waals surface area (Å²) >= 11 is 0. The lowest BCUT2D eigenvalue weighted by atomic mass is 10.2. The first-order chi connectivity index (χ1) is 7.93. The molecule has 1 aliphatic rings. The molecule has 0 saturated carbocycles. The van der Waals surface area contributed by atoms with E-state index in [1.54, 1.807) is 0 Å². The monoisotopic (exact) mass is 206 g/mol. The van der Waals surface area contributed by atoms with Crippen LogP contribution in [0.3, 0.4) is 0 Å². The Kier molecular flexibility index (Phi) is 1.38. The summed E-state index contributed by atoms with van der Waals surface area (Å²) in [5, 5.41) is 3.91. The molecule has 2 heteroatoms. The minimum atomic E-state index is 0.807. The van der Waals surface area contributed by atoms with Crippen molar-refractivity contribution in [2.24, 2.45) is 4.99 Å². The van der Waals surface area contributed by atoms with Crippen molar-refractivity contribution in [3.63, 3.8) is 0 Å². The lowest BCUT2D eigenvalue weighted by Crippen LogP contribution is -2.14. The fraction of sp³-hybridized carbons (Fsp3) is 0.0714. The molecule has 3 heterocycles. The first-order valence-electron chi connectivity index (χ1n) is 5.45. The van der Waals surface area contributed by atoms with Gasteiger partial charge in [0, 0.05) is 23.2 Å². The maximum Gasteiger partial charge on any atom is 0.0661 e. The van der Waals surface area contributed by atoms with Crippen LogP contribution in [0.5, 0.6) is 0 Å². The summed E-state index contributed by atoms with van der Waals surface area (Å²) in [5.74, 6) is 0. The summed E-state index contributed by atoms with van der Waals surface area (Å²) in [4.78, 5) is 4.28. The Bertz CT molecular complexity index is 778. The van der Waals surface area contributed by atoms with E-state index in [0.29, 0.717) is 0 Å². The van der Waals surface area contributed by atoms with E-state index >= 15 is 0 Å². The Labute approximate surface area is 92.5 Å². The minimum Gasteiger partial charge on any atom is -0.316 e. The molecule has 0 radical (unpaired) electrons. The van der Waals surface area contributed by atoms with Crippen LogP contribution in [0.1, 0.15) is 5.56 Å². The van der Waals surface area contributed by atoms with Gasteiger partial charge < -0.3 is 4.40 Å². The van der Waals surface area contributed by atoms with Crippen molar-refractivity contribution in [3.8, 4) is 0 Å². The van der Waals surface area contributed by atoms with Gasteiger partial charge in [-0.05, 0) is 17.7 Å². The standard InChI is InChI=1S/C14H10N2/c1-2-4-12-10(3-1)9-16-13-5-6-15-8-11(13)7-14(12)16/h1-7,9H,8H2. The van der Waals surface area contributed by atoms with E-state index in [9.17, 15) is 0 Å². The summed E-state index contributed by atoms with van der Waals surface area (Å²) in [6.07, 6.45) is 6.19. The third-order valence-corrected chi connectivity index (χ3v) is 3.26. The average Bonchev–Trinajstić information content (AvgIpc) is 2.85. The molecule has 0 atom stereocenters. The van der Waals surface area contributed by atoms with Crippen LogP contribution in [0.15, 0.2) is 41.5 Å². The molecule has 0 unspecified atom stereocenters. The molecule has 0 spiro atoms. The van der Waals surface area contributed by atoms with Gasteiger partial charge in [0.05, 0.1) is 17.4 Å². The maximum atomic E-state index is 4.28. The Balaban J connectivity index is 2.29. The van der Waals surface area contributed by atoms with Gasteiger partial charge in [-0.2, -0.15) is 0 Å². The molecule has 0 amide bonds. The van der Waals surface area contributed by atoms with Crippen LogP contribution in [-0.4, -0.2) is 10.6 Å². The number of nitrogens with zero attached hydrogens (tertiary/aromatic N) is 2. The Morgan fingerprint density at radius 2 is 2.12 bits per heavy atom. The van der Waals surface area contributed by atoms with Crippen molar-refractivity contribution in [1.29, 1.82) is 0 Å². The van der Waals surface area contributed by atoms with Gasteiger partial charge >= 0.3 is 0 Å². The van der Waals surface area contributed by atoms with E-state index in [-0.39, 0.29) is 0 Å². The summed E-state index contributed by atoms with van der Waals surface area (Å²) < 4.78 is 2.27. The van der Waals surface area contributed by atoms with Gasteiger partial charge in [-0.3, -0.25) is 4.99 Å². The Morgan fingerprint density at radius 1 is 1.19 bits per heavy atom. The highest BCUT2D eigenvalue weighted by atomic mass is 14.9. The van der Waals surface area contributed by atoms with Crippen molar-refractivity contribution in [2.45, 2.75) is 6.54 Å². The fourth-order valence-electron chi connectivity index (χ4n) is 2.51. The topological polar surface area (TPSA) is 16.8 Å². The van der Waals surface area contributed by atoms with Gasteiger partial charge in [0.15, 0.2) is 0 Å². The molecule has 4 rings (SSSR count). The van der Waals surface area contributed by atoms with Crippen LogP contribution in [0.4, 0.5) is 0 Å². The summed E-state index contributed by atoms with van der Waals surface area (Å²) in [6, 6.07) is 10.8. The Hall–Kier alpha value is -2.09. The number of hydrogen-bond donors (Lipinski definition) is 0. The van der Waals surface area contributed by atoms with E-state index in [2.05, 4.69) is 52.0 Å². The predicted octanol–water partition coefficient (Wildman–Crippen LogP) is 2.18. The second kappa shape index (κ2) is 2.73. The van der Waals surface area contributed by atoms with E-state index in [1.165, 1.54) is 27.2 Å². The van der Waals surface area contributed by atoms with Crippen molar-refractivity contribution in [2.75, 3.05) is 0 Å². The molecule has 0 bridgehead atoms. The lowest BCUT2D eigenvalue weighted by Gasteiger charge is -1.96. The molecule has 1 aliphatic heterocycles. The van der Waals surface area contributed by atoms with Crippen molar-refractivity contribution in [3.05, 3.63) is 47.4 Å². The quantitative estimate of drug-likeness (QED) is 0.536. The van der Waals surface area contributed by atoms with Crippen LogP contribution in [0.25, 0.3) is 22.4 Å². The third-order valence-electron chi connectivity index (χ3n) is 3.26. The van der Waals surface area contributed by atoms with E-state index in [4.69, 9.17) is 0 Å². The summed E-state index contributed by atoms with van der Waals surface area (Å²) in [6.45, 7) is 0.807. The number of aromatic nitrogens is 1. The molecular weight excluding hydrogens is 196 g/mol. The van der Waals surface area contributed by atoms with Gasteiger partial charge in [0.1, 0.15) is 0 Å². The largest absolute Gasteiger partial charge is 0.316 e. The average molecular weight is 206 g/mol. The molecule has 16 heavy (non-hydrogen) atoms. The van der Waals surface area contributed by atoms with Crippen LogP contribution < -0.4 is 5.35 Å². The normalized spacial score (nSPS) is 14.2. The van der Waals surface area contributed by atoms with Crippen LogP contribution in [0, 0.1) is 0 Å². The molecular formula is C14H10N2. The SMILES string of the molecule is C1=NCc2cc3c4ccccc4cn3c2=C1. The van der Waals surface area contributed by atoms with E-state index in [1.807, 2.05) is 6.21 Å². The molecule has 0 saturated heterocycles. The number of hydrogen-bond acceptors (Lipinski definition) is 1. The van der Waals surface area contributed by atoms with Gasteiger partial charge in [-0.25, -0.2) is 0 Å². The fourth-order valence-corrected chi connectivity index (χ4v) is 2.51. The highest BCUT2D eigenvalue weighted by molar-refractivity contribution is 5.99. The molecule has 0 fully saturated rings. The zero-order valence-electron chi connectivity index (χ0n) is 8.72. The lowest BCUT2D eigenvalue weighted by molar-refractivity contribution is 1.03. The molecule has 3 aromatic rings. The first-order valence-corrected chi connectivity index (χ1v) is 5.45. The van der Waals surface area contributed by atoms with Gasteiger partial charge in [-0.15, -0.1) is 0 Å². The van der Waals surface area contributed by atoms with Crippen LogP contribution in [-0.2, 0) is 6.54 Å². The number of benzene rings is 1. The van der Waals surface area contributed by atoms with Crippen LogP contribution in [0.2, 0.25) is 0 Å². The highest BCUT2D eigenvalue weighted by Gasteiger charge is 2.09. The zero-order valence-corrected chi connectivity index (χ0v) is 8.72. The first kappa shape index (κ1) is 8.11. The van der Waals surface area contributed by atoms with Crippen molar-refractivity contribution in [1.82, 2.24) is 4.40 Å². The summed E-state index contributed by atoms with van der Waals surface area (Å²) in [5.41, 5.74) is 2.62. The van der Waals surface area contributed by atoms with Gasteiger partial charge in [-0.1, -0.05) is 24.3 Å². The number of aliphatic imine (C=N–C) groups is 1. The van der Waals surface area contributed by atoms with Crippen molar-refractivity contribution < 1.29 is 0 Å². The molecule has 0 aliphatic carbocycles. The minimum absolute atomic E-state index is 0.807. The Morgan fingerprint density at radius 3 is 3.12 bits per heavy atom. The third kappa shape index (κ3) is 0.890. The van der Waals surface area contributed by atoms with Crippen LogP contribution >= 0.6 is 0 Å². The van der Waals surface area contributed by atoms with E-state index in [0.717, 1.165) is 6.54 Å². The van der Waals surface area contributed by atoms with E-state index < -0.39 is 0 Å². The molecule has 2 nitrogen and oxygen atoms in total. The van der Waals surface area contributed by atoms with Crippen molar-refractivity contribution >= 4 is 28.6 Å². The molecule has 2 aromatic heterocycles. The number of fused-ring (bicyclic) bond motifs is 5. The second-order valence-corrected chi connectivity index (χ2v) is 4.18. The number of rotatable bonds is 0. The molecule has 76 valence electrons. The van der Waals surface area contributed by atoms with Gasteiger partial charge in [0.25, 0.3) is 0 Å². The van der Waals surface area contributed by atoms with Gasteiger partial charge in [0.2, 0.25) is 0 Å². The smallest absolute Gasteiger partial charge is 0.0661 e. The molecule has 1 aromatic carbocycles. The highest BCUT2D eigenvalue weighted by Crippen LogP contribution is 2.22.